The van der Waals surface area contributed by atoms with Gasteiger partial charge in [0.2, 0.25) is 5.91 Å². The molecule has 4 heteroatoms. The molecule has 1 aliphatic heterocycles. The molecule has 0 aromatic rings. The fraction of sp³-hybridized carbons (Fsp3) is 0.900. The molecule has 1 rings (SSSR count). The molecule has 82 valence electrons. The van der Waals surface area contributed by atoms with Crippen molar-refractivity contribution in [1.29, 1.82) is 0 Å². The molecule has 1 heterocycles. The van der Waals surface area contributed by atoms with E-state index in [9.17, 15) is 4.79 Å². The van der Waals surface area contributed by atoms with Crippen molar-refractivity contribution in [3.05, 3.63) is 0 Å². The van der Waals surface area contributed by atoms with Crippen molar-refractivity contribution in [1.82, 2.24) is 10.2 Å². The van der Waals surface area contributed by atoms with E-state index in [-0.39, 0.29) is 11.9 Å². The minimum atomic E-state index is 0.0202. The van der Waals surface area contributed by atoms with Crippen molar-refractivity contribution in [3.8, 4) is 0 Å². The summed E-state index contributed by atoms with van der Waals surface area (Å²) >= 11 is 0. The van der Waals surface area contributed by atoms with Crippen LogP contribution in [0, 0.1) is 0 Å². The van der Waals surface area contributed by atoms with Crippen molar-refractivity contribution < 1.29 is 9.53 Å². The van der Waals surface area contributed by atoms with Crippen LogP contribution in [0.25, 0.3) is 0 Å². The van der Waals surface area contributed by atoms with Gasteiger partial charge in [-0.15, -0.1) is 0 Å². The molecule has 0 aromatic heterocycles. The van der Waals surface area contributed by atoms with E-state index < -0.39 is 0 Å². The van der Waals surface area contributed by atoms with Gasteiger partial charge in [-0.3, -0.25) is 4.79 Å². The lowest BCUT2D eigenvalue weighted by molar-refractivity contribution is -0.128. The monoisotopic (exact) mass is 200 g/mol. The third-order valence-corrected chi connectivity index (χ3v) is 2.67. The number of hydrogen-bond donors (Lipinski definition) is 1. The molecule has 1 saturated heterocycles. The maximum atomic E-state index is 11.5. The van der Waals surface area contributed by atoms with Crippen molar-refractivity contribution in [2.75, 3.05) is 27.3 Å². The Balaban J connectivity index is 2.26. The molecule has 0 aromatic carbocycles. The Kier molecular flexibility index (Phi) is 4.35. The van der Waals surface area contributed by atoms with Crippen LogP contribution >= 0.6 is 0 Å². The van der Waals surface area contributed by atoms with Gasteiger partial charge in [-0.2, -0.15) is 0 Å². The largest absolute Gasteiger partial charge is 0.385 e. The zero-order valence-electron chi connectivity index (χ0n) is 9.25. The standard InChI is InChI=1S/C10H20N2O2/c1-8(5-7-14-3)11-9-4-6-12(2)10(9)13/h8-9,11H,4-7H2,1-3H3. The summed E-state index contributed by atoms with van der Waals surface area (Å²) in [5, 5.41) is 3.32. The van der Waals surface area contributed by atoms with Crippen LogP contribution in [-0.4, -0.2) is 50.2 Å². The van der Waals surface area contributed by atoms with Crippen LogP contribution in [0.4, 0.5) is 0 Å². The van der Waals surface area contributed by atoms with Gasteiger partial charge in [-0.1, -0.05) is 0 Å². The Labute approximate surface area is 85.6 Å². The van der Waals surface area contributed by atoms with Crippen molar-refractivity contribution >= 4 is 5.91 Å². The molecule has 4 nitrogen and oxygen atoms in total. The minimum absolute atomic E-state index is 0.0202. The number of hydrogen-bond acceptors (Lipinski definition) is 3. The van der Waals surface area contributed by atoms with Crippen LogP contribution in [0.5, 0.6) is 0 Å². The number of carbonyl (C=O) groups excluding carboxylic acids is 1. The van der Waals surface area contributed by atoms with Crippen LogP contribution in [0.1, 0.15) is 19.8 Å². The van der Waals surface area contributed by atoms with Crippen LogP contribution < -0.4 is 5.32 Å². The average molecular weight is 200 g/mol. The average Bonchev–Trinajstić information content (AvgIpc) is 2.46. The summed E-state index contributed by atoms with van der Waals surface area (Å²) in [4.78, 5) is 13.3. The summed E-state index contributed by atoms with van der Waals surface area (Å²) in [6.45, 7) is 3.70. The highest BCUT2D eigenvalue weighted by molar-refractivity contribution is 5.83. The van der Waals surface area contributed by atoms with E-state index >= 15 is 0 Å². The summed E-state index contributed by atoms with van der Waals surface area (Å²) in [6, 6.07) is 0.363. The smallest absolute Gasteiger partial charge is 0.239 e. The maximum Gasteiger partial charge on any atom is 0.239 e. The zero-order valence-corrected chi connectivity index (χ0v) is 9.25. The molecular weight excluding hydrogens is 180 g/mol. The third kappa shape index (κ3) is 2.96. The van der Waals surface area contributed by atoms with Crippen LogP contribution in [0.3, 0.4) is 0 Å². The first-order valence-corrected chi connectivity index (χ1v) is 5.15. The molecule has 1 aliphatic rings. The Morgan fingerprint density at radius 1 is 1.71 bits per heavy atom. The van der Waals surface area contributed by atoms with E-state index in [2.05, 4.69) is 12.2 Å². The van der Waals surface area contributed by atoms with E-state index in [1.54, 1.807) is 12.0 Å². The Morgan fingerprint density at radius 2 is 2.43 bits per heavy atom. The Hall–Kier alpha value is -0.610. The quantitative estimate of drug-likeness (QED) is 0.691. The molecular formula is C10H20N2O2. The van der Waals surface area contributed by atoms with Gasteiger partial charge in [0.15, 0.2) is 0 Å². The van der Waals surface area contributed by atoms with Crippen LogP contribution in [0.2, 0.25) is 0 Å². The van der Waals surface area contributed by atoms with Gasteiger partial charge >= 0.3 is 0 Å². The van der Waals surface area contributed by atoms with E-state index in [1.807, 2.05) is 7.05 Å². The topological polar surface area (TPSA) is 41.6 Å². The minimum Gasteiger partial charge on any atom is -0.385 e. The van der Waals surface area contributed by atoms with E-state index in [4.69, 9.17) is 4.74 Å². The number of likely N-dealkylation sites (N-methyl/N-ethyl adjacent to an activating group) is 1. The predicted octanol–water partition coefficient (Wildman–Crippen LogP) is 0.232. The molecule has 0 spiro atoms. The molecule has 0 aliphatic carbocycles. The highest BCUT2D eigenvalue weighted by Gasteiger charge is 2.29. The molecule has 2 unspecified atom stereocenters. The first-order chi connectivity index (χ1) is 6.65. The fourth-order valence-corrected chi connectivity index (χ4v) is 1.70. The lowest BCUT2D eigenvalue weighted by Gasteiger charge is -2.18. The summed E-state index contributed by atoms with van der Waals surface area (Å²) < 4.78 is 4.99. The van der Waals surface area contributed by atoms with E-state index in [0.717, 1.165) is 26.0 Å². The number of likely N-dealkylation sites (tertiary alicyclic amines) is 1. The molecule has 0 saturated carbocycles. The molecule has 14 heavy (non-hydrogen) atoms. The second-order valence-electron chi connectivity index (χ2n) is 3.95. The molecule has 2 atom stereocenters. The second-order valence-corrected chi connectivity index (χ2v) is 3.95. The maximum absolute atomic E-state index is 11.5. The predicted molar refractivity (Wildman–Crippen MR) is 55.1 cm³/mol. The number of nitrogens with zero attached hydrogens (tertiary/aromatic N) is 1. The second kappa shape index (κ2) is 5.32. The summed E-state index contributed by atoms with van der Waals surface area (Å²) in [5.74, 6) is 0.217. The molecule has 0 bridgehead atoms. The summed E-state index contributed by atoms with van der Waals surface area (Å²) in [5.41, 5.74) is 0. The van der Waals surface area contributed by atoms with Gasteiger partial charge in [-0.25, -0.2) is 0 Å². The lowest BCUT2D eigenvalue weighted by Crippen LogP contribution is -2.42. The van der Waals surface area contributed by atoms with E-state index in [0.29, 0.717) is 6.04 Å². The normalized spacial score (nSPS) is 24.4. The number of carbonyl (C=O) groups is 1. The first-order valence-electron chi connectivity index (χ1n) is 5.15. The third-order valence-electron chi connectivity index (χ3n) is 2.67. The van der Waals surface area contributed by atoms with Gasteiger partial charge in [0.05, 0.1) is 6.04 Å². The van der Waals surface area contributed by atoms with Gasteiger partial charge in [-0.05, 0) is 19.8 Å². The molecule has 0 radical (unpaired) electrons. The Morgan fingerprint density at radius 3 is 2.93 bits per heavy atom. The van der Waals surface area contributed by atoms with E-state index in [1.165, 1.54) is 0 Å². The fourth-order valence-electron chi connectivity index (χ4n) is 1.70. The number of methoxy groups -OCH3 is 1. The number of rotatable bonds is 5. The van der Waals surface area contributed by atoms with Gasteiger partial charge in [0, 0.05) is 33.4 Å². The Bertz CT molecular complexity index is 197. The first kappa shape index (κ1) is 11.5. The molecule has 1 N–H and O–H groups in total. The van der Waals surface area contributed by atoms with Crippen molar-refractivity contribution in [2.24, 2.45) is 0 Å². The van der Waals surface area contributed by atoms with Crippen molar-refractivity contribution in [2.45, 2.75) is 31.8 Å². The molecule has 1 amide bonds. The van der Waals surface area contributed by atoms with Gasteiger partial charge in [0.25, 0.3) is 0 Å². The summed E-state index contributed by atoms with van der Waals surface area (Å²) in [6.07, 6.45) is 1.87. The highest BCUT2D eigenvalue weighted by Crippen LogP contribution is 2.09. The van der Waals surface area contributed by atoms with Gasteiger partial charge < -0.3 is 15.0 Å². The SMILES string of the molecule is COCCC(C)NC1CCN(C)C1=O. The number of nitrogens with one attached hydrogen (secondary N) is 1. The highest BCUT2D eigenvalue weighted by atomic mass is 16.5. The summed E-state index contributed by atoms with van der Waals surface area (Å²) in [7, 11) is 3.55. The van der Waals surface area contributed by atoms with Crippen LogP contribution in [0.15, 0.2) is 0 Å². The number of amides is 1. The van der Waals surface area contributed by atoms with Crippen molar-refractivity contribution in [3.63, 3.8) is 0 Å². The lowest BCUT2D eigenvalue weighted by atomic mass is 10.2. The number of ether oxygens (including phenoxy) is 1. The zero-order chi connectivity index (χ0) is 10.6. The van der Waals surface area contributed by atoms with Crippen LogP contribution in [-0.2, 0) is 9.53 Å². The molecule has 1 fully saturated rings. The van der Waals surface area contributed by atoms with Gasteiger partial charge in [0.1, 0.15) is 0 Å².